The Labute approximate surface area is 109 Å². The van der Waals surface area contributed by atoms with Gasteiger partial charge in [-0.15, -0.1) is 0 Å². The zero-order valence-electron chi connectivity index (χ0n) is 9.93. The van der Waals surface area contributed by atoms with Crippen LogP contribution in [0.25, 0.3) is 0 Å². The van der Waals surface area contributed by atoms with Crippen molar-refractivity contribution in [1.82, 2.24) is 0 Å². The molecular formula is C12H13F3O3S. The van der Waals surface area contributed by atoms with Gasteiger partial charge in [-0.1, -0.05) is 30.4 Å². The van der Waals surface area contributed by atoms with Crippen molar-refractivity contribution < 1.29 is 25.8 Å². The molecule has 1 aromatic carbocycles. The maximum absolute atomic E-state index is 11.8. The van der Waals surface area contributed by atoms with Gasteiger partial charge in [-0.2, -0.15) is 21.6 Å². The van der Waals surface area contributed by atoms with Gasteiger partial charge in [0.2, 0.25) is 0 Å². The lowest BCUT2D eigenvalue weighted by atomic mass is 10.3. The fraction of sp³-hybridized carbons (Fsp3) is 0.333. The van der Waals surface area contributed by atoms with Crippen LogP contribution in [0, 0.1) is 0 Å². The predicted molar refractivity (Wildman–Crippen MR) is 64.0 cm³/mol. The minimum atomic E-state index is -4.24. The Kier molecular flexibility index (Phi) is 5.56. The maximum atomic E-state index is 11.8. The lowest BCUT2D eigenvalue weighted by molar-refractivity contribution is -0.125. The van der Waals surface area contributed by atoms with Gasteiger partial charge in [0.15, 0.2) is 0 Å². The summed E-state index contributed by atoms with van der Waals surface area (Å²) in [5, 5.41) is 0. The van der Waals surface area contributed by atoms with E-state index in [4.69, 9.17) is 0 Å². The average Bonchev–Trinajstić information content (AvgIpc) is 2.33. The lowest BCUT2D eigenvalue weighted by Gasteiger charge is -2.04. The van der Waals surface area contributed by atoms with Gasteiger partial charge >= 0.3 is 6.18 Å². The van der Waals surface area contributed by atoms with Crippen molar-refractivity contribution in [3.63, 3.8) is 0 Å². The normalized spacial score (nSPS) is 13.0. The van der Waals surface area contributed by atoms with Crippen LogP contribution < -0.4 is 0 Å². The van der Waals surface area contributed by atoms with Gasteiger partial charge in [0.1, 0.15) is 0 Å². The Balaban J connectivity index is 2.38. The summed E-state index contributed by atoms with van der Waals surface area (Å²) < 4.78 is 63.3. The van der Waals surface area contributed by atoms with Crippen LogP contribution >= 0.6 is 0 Å². The number of hydrogen-bond donors (Lipinski definition) is 0. The van der Waals surface area contributed by atoms with Crippen molar-refractivity contribution in [2.45, 2.75) is 23.9 Å². The van der Waals surface area contributed by atoms with Crippen molar-refractivity contribution in [2.24, 2.45) is 0 Å². The third-order valence-electron chi connectivity index (χ3n) is 2.07. The summed E-state index contributed by atoms with van der Waals surface area (Å²) in [6, 6.07) is 7.54. The largest absolute Gasteiger partial charge is 0.392 e. The Bertz CT molecular complexity index is 507. The number of benzene rings is 1. The maximum Gasteiger partial charge on any atom is 0.392 e. The molecule has 0 aliphatic carbocycles. The summed E-state index contributed by atoms with van der Waals surface area (Å²) >= 11 is 0. The van der Waals surface area contributed by atoms with Gasteiger partial charge in [-0.25, -0.2) is 0 Å². The van der Waals surface area contributed by atoms with Crippen LogP contribution in [-0.4, -0.2) is 21.2 Å². The van der Waals surface area contributed by atoms with E-state index >= 15 is 0 Å². The minimum absolute atomic E-state index is 0.0225. The number of hydrogen-bond acceptors (Lipinski definition) is 3. The second-order valence-corrected chi connectivity index (χ2v) is 5.28. The minimum Gasteiger partial charge on any atom is -0.266 e. The molecule has 0 bridgehead atoms. The second-order valence-electron chi connectivity index (χ2n) is 3.67. The smallest absolute Gasteiger partial charge is 0.266 e. The molecule has 1 rings (SSSR count). The third-order valence-corrected chi connectivity index (χ3v) is 3.40. The molecule has 0 saturated heterocycles. The molecule has 0 radical (unpaired) electrons. The standard InChI is InChI=1S/C12H13F3O3S/c13-12(14,15)9-5-2-6-10-18-19(16,17)11-7-3-1-4-8-11/h1-5,7-8H,6,9-10H2/b5-2+. The van der Waals surface area contributed by atoms with Crippen molar-refractivity contribution in [2.75, 3.05) is 6.61 Å². The molecular weight excluding hydrogens is 281 g/mol. The van der Waals surface area contributed by atoms with Gasteiger partial charge in [-0.3, -0.25) is 4.18 Å². The van der Waals surface area contributed by atoms with Crippen molar-refractivity contribution >= 4 is 10.1 Å². The topological polar surface area (TPSA) is 43.4 Å². The first-order valence-electron chi connectivity index (χ1n) is 5.47. The SMILES string of the molecule is O=S(=O)(OCC/C=C/CC(F)(F)F)c1ccccc1. The Hall–Kier alpha value is -1.34. The zero-order chi connectivity index (χ0) is 14.4. The van der Waals surface area contributed by atoms with Crippen LogP contribution in [-0.2, 0) is 14.3 Å². The van der Waals surface area contributed by atoms with Gasteiger partial charge in [0.25, 0.3) is 10.1 Å². The molecule has 0 spiro atoms. The van der Waals surface area contributed by atoms with Gasteiger partial charge in [0.05, 0.1) is 17.9 Å². The fourth-order valence-corrected chi connectivity index (χ4v) is 2.16. The Morgan fingerprint density at radius 2 is 1.74 bits per heavy atom. The summed E-state index contributed by atoms with van der Waals surface area (Å²) in [6.45, 7) is -0.189. The van der Waals surface area contributed by atoms with E-state index in [0.717, 1.165) is 6.08 Å². The third kappa shape index (κ3) is 6.40. The van der Waals surface area contributed by atoms with Crippen LogP contribution in [0.15, 0.2) is 47.4 Å². The molecule has 0 heterocycles. The molecule has 0 unspecified atom stereocenters. The van der Waals surface area contributed by atoms with Crippen molar-refractivity contribution in [3.8, 4) is 0 Å². The molecule has 0 N–H and O–H groups in total. The quantitative estimate of drug-likeness (QED) is 0.459. The van der Waals surface area contributed by atoms with E-state index in [1.807, 2.05) is 0 Å². The second kappa shape index (κ2) is 6.72. The molecule has 0 atom stereocenters. The molecule has 0 aliphatic heterocycles. The summed E-state index contributed by atoms with van der Waals surface area (Å²) in [6.07, 6.45) is -2.99. The van der Waals surface area contributed by atoms with E-state index < -0.39 is 22.7 Å². The highest BCUT2D eigenvalue weighted by Crippen LogP contribution is 2.19. The van der Waals surface area contributed by atoms with Crippen LogP contribution in [0.1, 0.15) is 12.8 Å². The average molecular weight is 294 g/mol. The summed E-state index contributed by atoms with van der Waals surface area (Å²) in [5.41, 5.74) is 0. The van der Waals surface area contributed by atoms with Crippen LogP contribution in [0.5, 0.6) is 0 Å². The summed E-state index contributed by atoms with van der Waals surface area (Å²) in [5.74, 6) is 0. The zero-order valence-corrected chi connectivity index (χ0v) is 10.7. The molecule has 0 aliphatic rings. The highest BCUT2D eigenvalue weighted by atomic mass is 32.2. The molecule has 3 nitrogen and oxygen atoms in total. The molecule has 0 fully saturated rings. The van der Waals surface area contributed by atoms with Gasteiger partial charge < -0.3 is 0 Å². The van der Waals surface area contributed by atoms with Crippen molar-refractivity contribution in [1.29, 1.82) is 0 Å². The first kappa shape index (κ1) is 15.7. The van der Waals surface area contributed by atoms with E-state index in [9.17, 15) is 21.6 Å². The van der Waals surface area contributed by atoms with E-state index in [-0.39, 0.29) is 17.9 Å². The van der Waals surface area contributed by atoms with Crippen LogP contribution in [0.3, 0.4) is 0 Å². The molecule has 7 heteroatoms. The van der Waals surface area contributed by atoms with E-state index in [1.165, 1.54) is 18.2 Å². The Morgan fingerprint density at radius 1 is 1.11 bits per heavy atom. The number of alkyl halides is 3. The van der Waals surface area contributed by atoms with Gasteiger partial charge in [0, 0.05) is 0 Å². The van der Waals surface area contributed by atoms with Crippen LogP contribution in [0.2, 0.25) is 0 Å². The van der Waals surface area contributed by atoms with E-state index in [0.29, 0.717) is 0 Å². The van der Waals surface area contributed by atoms with Gasteiger partial charge in [-0.05, 0) is 18.6 Å². The molecule has 106 valence electrons. The highest BCUT2D eigenvalue weighted by molar-refractivity contribution is 7.86. The monoisotopic (exact) mass is 294 g/mol. The first-order chi connectivity index (χ1) is 8.81. The summed E-state index contributed by atoms with van der Waals surface area (Å²) in [4.78, 5) is 0.0225. The number of allylic oxidation sites excluding steroid dienone is 1. The molecule has 19 heavy (non-hydrogen) atoms. The Morgan fingerprint density at radius 3 is 2.32 bits per heavy atom. The first-order valence-corrected chi connectivity index (χ1v) is 6.88. The number of halogens is 3. The predicted octanol–water partition coefficient (Wildman–Crippen LogP) is 3.29. The molecule has 0 aromatic heterocycles. The molecule has 0 amide bonds. The number of rotatable bonds is 6. The molecule has 0 saturated carbocycles. The van der Waals surface area contributed by atoms with E-state index in [2.05, 4.69) is 4.18 Å². The van der Waals surface area contributed by atoms with E-state index in [1.54, 1.807) is 18.2 Å². The highest BCUT2D eigenvalue weighted by Gasteiger charge is 2.24. The summed E-state index contributed by atoms with van der Waals surface area (Å²) in [7, 11) is -3.83. The van der Waals surface area contributed by atoms with Crippen molar-refractivity contribution in [3.05, 3.63) is 42.5 Å². The lowest BCUT2D eigenvalue weighted by Crippen LogP contribution is -2.07. The molecule has 1 aromatic rings. The fourth-order valence-electron chi connectivity index (χ4n) is 1.22. The van der Waals surface area contributed by atoms with Crippen LogP contribution in [0.4, 0.5) is 13.2 Å².